The van der Waals surface area contributed by atoms with E-state index in [0.717, 1.165) is 40.8 Å². The van der Waals surface area contributed by atoms with E-state index in [9.17, 15) is 9.59 Å². The normalized spacial score (nSPS) is 25.3. The summed E-state index contributed by atoms with van der Waals surface area (Å²) in [6, 6.07) is 7.98. The molecule has 0 bridgehead atoms. The molecule has 0 spiro atoms. The summed E-state index contributed by atoms with van der Waals surface area (Å²) in [6.45, 7) is 4.88. The summed E-state index contributed by atoms with van der Waals surface area (Å²) in [5, 5.41) is 2.94. The fourth-order valence-electron chi connectivity index (χ4n) is 4.93. The fourth-order valence-corrected chi connectivity index (χ4v) is 4.93. The van der Waals surface area contributed by atoms with Gasteiger partial charge in [0.25, 0.3) is 5.91 Å². The number of aromatic nitrogens is 1. The maximum absolute atomic E-state index is 12.6. The lowest BCUT2D eigenvalue weighted by molar-refractivity contribution is -0.110. The van der Waals surface area contributed by atoms with E-state index in [-0.39, 0.29) is 24.4 Å². The first-order valence-electron chi connectivity index (χ1n) is 10.6. The van der Waals surface area contributed by atoms with E-state index >= 15 is 0 Å². The standard InChI is InChI=1S/C23H24N4O3.ClH/c28-22-20(7-15-5-18(24-9-15)13-26-11-16-8-17(16)12-26)19-6-14(1-2-21(19)25-22)10-27-3-4-30-23(27)29;/h1-2,5-7,9,16-17,24H,3-4,8,10-13H2,(H,25,28);1H/b20-7-;/t16-,17+;. The van der Waals surface area contributed by atoms with Crippen molar-refractivity contribution in [3.8, 4) is 0 Å². The van der Waals surface area contributed by atoms with Crippen molar-refractivity contribution in [2.75, 3.05) is 31.6 Å². The van der Waals surface area contributed by atoms with E-state index in [0.29, 0.717) is 25.3 Å². The predicted molar refractivity (Wildman–Crippen MR) is 120 cm³/mol. The molecule has 31 heavy (non-hydrogen) atoms. The number of benzene rings is 1. The lowest BCUT2D eigenvalue weighted by Gasteiger charge is -2.15. The molecule has 1 aromatic carbocycles. The van der Waals surface area contributed by atoms with Gasteiger partial charge in [-0.3, -0.25) is 9.69 Å². The van der Waals surface area contributed by atoms with Gasteiger partial charge in [-0.25, -0.2) is 4.79 Å². The minimum atomic E-state index is -0.282. The average Bonchev–Trinajstić information content (AvgIpc) is 3.13. The Kier molecular flexibility index (Phi) is 5.02. The van der Waals surface area contributed by atoms with E-state index in [1.165, 1.54) is 25.2 Å². The minimum absolute atomic E-state index is 0. The average molecular weight is 441 g/mol. The Balaban J connectivity index is 0.00000204. The molecule has 8 heteroatoms. The number of H-pyrrole nitrogens is 1. The first-order valence-corrected chi connectivity index (χ1v) is 10.6. The second-order valence-electron chi connectivity index (χ2n) is 8.84. The van der Waals surface area contributed by atoms with Crippen LogP contribution in [0.4, 0.5) is 10.5 Å². The van der Waals surface area contributed by atoms with Crippen LogP contribution in [0.2, 0.25) is 0 Å². The number of halogens is 1. The molecule has 3 aliphatic heterocycles. The number of carbonyl (C=O) groups excluding carboxylic acids is 2. The Morgan fingerprint density at radius 3 is 2.74 bits per heavy atom. The van der Waals surface area contributed by atoms with Crippen LogP contribution in [0, 0.1) is 11.8 Å². The highest BCUT2D eigenvalue weighted by molar-refractivity contribution is 6.34. The van der Waals surface area contributed by atoms with Gasteiger partial charge in [0.1, 0.15) is 6.61 Å². The van der Waals surface area contributed by atoms with Gasteiger partial charge >= 0.3 is 6.09 Å². The SMILES string of the molecule is Cl.O=C1Nc2ccc(CN3CCOC3=O)cc2/C1=C/c1c[nH]c(CN2C[C@H]3C[C@H]3C2)c1. The number of rotatable bonds is 5. The van der Waals surface area contributed by atoms with Crippen LogP contribution in [0.5, 0.6) is 0 Å². The quantitative estimate of drug-likeness (QED) is 0.699. The van der Waals surface area contributed by atoms with E-state index < -0.39 is 0 Å². The topological polar surface area (TPSA) is 77.7 Å². The highest BCUT2D eigenvalue weighted by atomic mass is 35.5. The van der Waals surface area contributed by atoms with Crippen molar-refractivity contribution in [1.82, 2.24) is 14.8 Å². The van der Waals surface area contributed by atoms with Crippen molar-refractivity contribution in [3.05, 3.63) is 52.8 Å². The number of nitrogens with one attached hydrogen (secondary N) is 2. The summed E-state index contributed by atoms with van der Waals surface area (Å²) in [6.07, 6.45) is 5.04. The van der Waals surface area contributed by atoms with Crippen molar-refractivity contribution in [2.45, 2.75) is 19.5 Å². The van der Waals surface area contributed by atoms with Crippen LogP contribution in [0.3, 0.4) is 0 Å². The molecule has 2 atom stereocenters. The maximum Gasteiger partial charge on any atom is 0.410 e. The largest absolute Gasteiger partial charge is 0.448 e. The summed E-state index contributed by atoms with van der Waals surface area (Å²) in [7, 11) is 0. The molecular formula is C23H25ClN4O3. The molecule has 4 heterocycles. The molecule has 1 aromatic heterocycles. The number of hydrogen-bond acceptors (Lipinski definition) is 4. The molecule has 1 aliphatic carbocycles. The third kappa shape index (κ3) is 3.83. The zero-order valence-corrected chi connectivity index (χ0v) is 17.9. The maximum atomic E-state index is 12.6. The summed E-state index contributed by atoms with van der Waals surface area (Å²) in [5.74, 6) is 1.76. The van der Waals surface area contributed by atoms with Crippen molar-refractivity contribution >= 4 is 41.7 Å². The first-order chi connectivity index (χ1) is 14.6. The molecule has 2 N–H and O–H groups in total. The number of amides is 2. The Morgan fingerprint density at radius 2 is 1.97 bits per heavy atom. The van der Waals surface area contributed by atoms with Crippen LogP contribution in [-0.2, 0) is 22.6 Å². The van der Waals surface area contributed by atoms with Crippen LogP contribution < -0.4 is 5.32 Å². The lowest BCUT2D eigenvalue weighted by Crippen LogP contribution is -2.23. The summed E-state index contributed by atoms with van der Waals surface area (Å²) in [4.78, 5) is 31.9. The van der Waals surface area contributed by atoms with E-state index in [1.54, 1.807) is 4.90 Å². The number of cyclic esters (lactones) is 1. The zero-order valence-electron chi connectivity index (χ0n) is 17.1. The second kappa shape index (κ2) is 7.73. The first kappa shape index (κ1) is 20.2. The van der Waals surface area contributed by atoms with Crippen LogP contribution in [0.25, 0.3) is 11.6 Å². The number of anilines is 1. The number of aromatic amines is 1. The number of ether oxygens (including phenoxy) is 1. The third-order valence-electron chi connectivity index (χ3n) is 6.61. The van der Waals surface area contributed by atoms with Crippen LogP contribution in [0.1, 0.15) is 28.8 Å². The Hall–Kier alpha value is -2.77. The summed E-state index contributed by atoms with van der Waals surface area (Å²) < 4.78 is 5.01. The minimum Gasteiger partial charge on any atom is -0.448 e. The predicted octanol–water partition coefficient (Wildman–Crippen LogP) is 3.33. The van der Waals surface area contributed by atoms with Gasteiger partial charge in [0.05, 0.1) is 6.54 Å². The number of nitrogens with zero attached hydrogens (tertiary/aromatic N) is 2. The second-order valence-corrected chi connectivity index (χ2v) is 8.84. The molecule has 2 amide bonds. The Labute approximate surface area is 186 Å². The van der Waals surface area contributed by atoms with Gasteiger partial charge in [-0.1, -0.05) is 6.07 Å². The molecule has 7 nitrogen and oxygen atoms in total. The van der Waals surface area contributed by atoms with Crippen LogP contribution >= 0.6 is 12.4 Å². The van der Waals surface area contributed by atoms with E-state index in [1.807, 2.05) is 30.5 Å². The monoisotopic (exact) mass is 440 g/mol. The molecule has 162 valence electrons. The van der Waals surface area contributed by atoms with Gasteiger partial charge < -0.3 is 19.9 Å². The molecule has 3 fully saturated rings. The van der Waals surface area contributed by atoms with Gasteiger partial charge in [-0.15, -0.1) is 12.4 Å². The molecule has 6 rings (SSSR count). The molecule has 2 aromatic rings. The third-order valence-corrected chi connectivity index (χ3v) is 6.61. The van der Waals surface area contributed by atoms with Gasteiger partial charge in [0, 0.05) is 54.9 Å². The summed E-state index contributed by atoms with van der Waals surface area (Å²) >= 11 is 0. The zero-order chi connectivity index (χ0) is 20.2. The van der Waals surface area contributed by atoms with Crippen molar-refractivity contribution in [3.63, 3.8) is 0 Å². The van der Waals surface area contributed by atoms with Gasteiger partial charge in [-0.2, -0.15) is 0 Å². The van der Waals surface area contributed by atoms with Gasteiger partial charge in [0.15, 0.2) is 0 Å². The van der Waals surface area contributed by atoms with Crippen LogP contribution in [-0.4, -0.2) is 53.0 Å². The van der Waals surface area contributed by atoms with Crippen LogP contribution in [0.15, 0.2) is 30.5 Å². The molecule has 1 saturated carbocycles. The molecule has 0 radical (unpaired) electrons. The summed E-state index contributed by atoms with van der Waals surface area (Å²) in [5.41, 5.74) is 5.52. The smallest absolute Gasteiger partial charge is 0.410 e. The van der Waals surface area contributed by atoms with E-state index in [2.05, 4.69) is 21.3 Å². The molecule has 4 aliphatic rings. The number of carbonyl (C=O) groups is 2. The van der Waals surface area contributed by atoms with Crippen molar-refractivity contribution in [1.29, 1.82) is 0 Å². The Morgan fingerprint density at radius 1 is 1.13 bits per heavy atom. The van der Waals surface area contributed by atoms with Gasteiger partial charge in [-0.05, 0) is 53.7 Å². The number of piperidine rings is 1. The number of fused-ring (bicyclic) bond motifs is 2. The molecule has 0 unspecified atom stereocenters. The number of hydrogen-bond donors (Lipinski definition) is 2. The lowest BCUT2D eigenvalue weighted by atomic mass is 10.0. The van der Waals surface area contributed by atoms with E-state index in [4.69, 9.17) is 4.74 Å². The highest BCUT2D eigenvalue weighted by Gasteiger charge is 2.44. The van der Waals surface area contributed by atoms with Crippen molar-refractivity contribution in [2.24, 2.45) is 11.8 Å². The highest BCUT2D eigenvalue weighted by Crippen LogP contribution is 2.45. The fraction of sp³-hybridized carbons (Fsp3) is 0.391. The molecular weight excluding hydrogens is 416 g/mol. The number of likely N-dealkylation sites (tertiary alicyclic amines) is 1. The molecule has 2 saturated heterocycles. The Bertz CT molecular complexity index is 1070. The van der Waals surface area contributed by atoms with Crippen molar-refractivity contribution < 1.29 is 14.3 Å². The van der Waals surface area contributed by atoms with Gasteiger partial charge in [0.2, 0.25) is 0 Å².